The van der Waals surface area contributed by atoms with Gasteiger partial charge in [-0.05, 0) is 145 Å². The number of benzene rings is 5. The Balaban J connectivity index is 0.000000145. The van der Waals surface area contributed by atoms with Gasteiger partial charge in [-0.15, -0.1) is 52.1 Å². The summed E-state index contributed by atoms with van der Waals surface area (Å²) in [6.07, 6.45) is 17.9. The minimum Gasteiger partial charge on any atom is -0.382 e. The van der Waals surface area contributed by atoms with Crippen LogP contribution in [0.15, 0.2) is 261 Å². The number of nitrogens with one attached hydrogen (secondary N) is 5. The first kappa shape index (κ1) is 102. The highest BCUT2D eigenvalue weighted by molar-refractivity contribution is 7.13. The number of thiophene rings is 1. The minimum absolute atomic E-state index is 0. The highest BCUT2D eigenvalue weighted by Gasteiger charge is 2.29. The molecule has 146 heavy (non-hydrogen) atoms. The van der Waals surface area contributed by atoms with Crippen LogP contribution in [-0.4, -0.2) is 193 Å². The summed E-state index contributed by atoms with van der Waals surface area (Å²) in [5.74, 6) is 0.300. The van der Waals surface area contributed by atoms with Crippen molar-refractivity contribution in [2.24, 2.45) is 7.05 Å². The van der Waals surface area contributed by atoms with Gasteiger partial charge in [-0.3, -0.25) is 33.4 Å². The number of rotatable bonds is 23. The van der Waals surface area contributed by atoms with E-state index in [-0.39, 0.29) is 75.8 Å². The minimum atomic E-state index is -0.524. The number of nitrogen functional groups attached to an aromatic ring is 4. The van der Waals surface area contributed by atoms with Gasteiger partial charge < -0.3 is 49.5 Å². The Morgan fingerprint density at radius 2 is 0.685 bits per heavy atom. The lowest BCUT2D eigenvalue weighted by atomic mass is 10.1. The smallest absolute Gasteiger partial charge is 0.274 e. The predicted molar refractivity (Wildman–Crippen MR) is 559 cm³/mol. The number of nitrogens with zero attached hydrogens (tertiary/aromatic N) is 29. The maximum absolute atomic E-state index is 13.2. The van der Waals surface area contributed by atoms with Crippen LogP contribution >= 0.6 is 11.3 Å². The van der Waals surface area contributed by atoms with Crippen molar-refractivity contribution in [3.05, 3.63) is 313 Å². The van der Waals surface area contributed by atoms with Crippen LogP contribution in [0.25, 0.3) is 112 Å². The van der Waals surface area contributed by atoms with Gasteiger partial charge >= 0.3 is 0 Å². The second-order valence-corrected chi connectivity index (χ2v) is 34.6. The molecule has 0 unspecified atom stereocenters. The Kier molecular flexibility index (Phi) is 32.2. The number of carbonyl (C=O) groups is 4. The number of piperidine rings is 1. The Morgan fingerprint density at radius 1 is 0.363 bits per heavy atom. The molecule has 22 rings (SSSR count). The van der Waals surface area contributed by atoms with Crippen molar-refractivity contribution in [1.29, 1.82) is 0 Å². The fraction of sp³-hybridized carbons (Fsp3) is 0.223. The Morgan fingerprint density at radius 3 is 1.02 bits per heavy atom. The average Bonchev–Trinajstić information content (AvgIpc) is 1.65. The van der Waals surface area contributed by atoms with Gasteiger partial charge in [-0.1, -0.05) is 181 Å². The van der Waals surface area contributed by atoms with E-state index in [0.29, 0.717) is 74.7 Å². The summed E-state index contributed by atoms with van der Waals surface area (Å²) >= 11 is 1.51. The van der Waals surface area contributed by atoms with Crippen LogP contribution < -0.4 is 49.5 Å². The molecule has 2 aliphatic rings. The summed E-state index contributed by atoms with van der Waals surface area (Å²) in [6.45, 7) is 12.4. The third-order valence-corrected chi connectivity index (χ3v) is 24.5. The normalized spacial score (nSPS) is 13.1. The monoisotopic (exact) mass is 1970 g/mol. The zero-order valence-electron chi connectivity index (χ0n) is 77.4. The van der Waals surface area contributed by atoms with Gasteiger partial charge in [0, 0.05) is 64.9 Å². The molecular formula is C103H110N38O4S. The molecule has 43 heteroatoms. The van der Waals surface area contributed by atoms with Gasteiger partial charge in [0.25, 0.3) is 23.6 Å². The largest absolute Gasteiger partial charge is 0.382 e. The summed E-state index contributed by atoms with van der Waals surface area (Å²) < 4.78 is 10.1. The molecular weight excluding hydrogens is 1870 g/mol. The molecule has 0 radical (unpaired) electrons. The molecule has 15 aromatic heterocycles. The third-order valence-electron chi connectivity index (χ3n) is 23.6. The van der Waals surface area contributed by atoms with Crippen LogP contribution in [-0.2, 0) is 13.6 Å². The van der Waals surface area contributed by atoms with Crippen LogP contribution in [0.2, 0.25) is 0 Å². The van der Waals surface area contributed by atoms with Gasteiger partial charge in [0.2, 0.25) is 0 Å². The van der Waals surface area contributed by atoms with Gasteiger partial charge in [-0.25, -0.2) is 39.9 Å². The van der Waals surface area contributed by atoms with Gasteiger partial charge in [-0.2, -0.15) is 48.7 Å². The molecule has 0 bridgehead atoms. The van der Waals surface area contributed by atoms with Crippen molar-refractivity contribution in [2.75, 3.05) is 49.1 Å². The lowest BCUT2D eigenvalue weighted by Crippen LogP contribution is -2.30. The first-order valence-corrected chi connectivity index (χ1v) is 46.5. The number of aromatic nitrogens is 28. The van der Waals surface area contributed by atoms with Crippen molar-refractivity contribution in [2.45, 2.75) is 120 Å². The lowest BCUT2D eigenvalue weighted by Gasteiger charge is -2.22. The fourth-order valence-corrected chi connectivity index (χ4v) is 16.8. The Labute approximate surface area is 843 Å². The van der Waals surface area contributed by atoms with E-state index in [1.807, 2.05) is 224 Å². The predicted octanol–water partition coefficient (Wildman–Crippen LogP) is 14.3. The molecule has 0 spiro atoms. The standard InChI is InChI=1S/C29H29N9O.C26H27N11O.C22H20N10O.C22H18N8OS.4CH4/c1-19(28-35-34-25-14-13-23(36-38(25)28)21-7-3-2-4-8-21)32-29(39)26-27(30)31-17-24(33-26)22-11-9-20(10-12-22)18-37-15-5-6-16-37;1-16(25-34-33-22-8-7-20(35-37(22)25)17-5-3-2-4-6-17)31-26(38)23-24(27)29-14-21(32-23)18-13-30-36(15-18)19-9-11-28-12-10-19;1-13(21-29-28-18-9-8-16(30-32(18)21)14-6-4-3-5-7-14)26-22(33)19-20(23)24-11-17(27-19)15-10-25-31(2)12-15;1-13(25-22(31)19-20(23)24-12-16(26-19)17-8-5-11-32-17)21-28-27-18-10-9-15(29-30(18)21)14-6-3-2-4-7-14;;;;/h2-4,7-14,17,19H,5-6,15-16,18H2,1H3,(H2,30,31)(H,32,39);2-8,13-16,19,28H,9-12H2,1H3,(H2,27,29)(H,31,38);3-13H,1-2H3,(H2,23,24)(H,26,33);2-13H,1H3,(H2,23,24)(H,25,31);4*1H4/t19-;16-;2*13-;;;;/m1111..../s1. The molecule has 13 N–H and O–H groups in total. The van der Waals surface area contributed by atoms with Crippen molar-refractivity contribution in [1.82, 2.24) is 170 Å². The van der Waals surface area contributed by atoms with Gasteiger partial charge in [0.05, 0.1) is 118 Å². The number of hydrogen-bond acceptors (Lipinski definition) is 33. The SMILES string of the molecule is C.C.C.C.C[C@@H](NC(=O)c1nc(-c2ccc(CN3CCCC3)cc2)cnc1N)c1nnc2ccc(-c3ccccc3)nn12.C[C@@H](NC(=O)c1nc(-c2cccs2)cnc1N)c1nnc2ccc(-c3ccccc3)nn12.C[C@@H](NC(=O)c1nc(-c2cnn(C)c2)cnc1N)c1nnc2ccc(-c3ccccc3)nn12.C[C@@H](NC(=O)c1nc(-c2cnn(C3CCNCC3)c2)cnc1N)c1nnc2ccc(-c3ccccc3)nn12. The number of nitrogens with two attached hydrogens (primary N) is 4. The van der Waals surface area contributed by atoms with E-state index in [2.05, 4.69) is 145 Å². The summed E-state index contributed by atoms with van der Waals surface area (Å²) in [6, 6.07) is 64.5. The van der Waals surface area contributed by atoms with Crippen molar-refractivity contribution in [3.8, 4) is 89.4 Å². The summed E-state index contributed by atoms with van der Waals surface area (Å²) in [5, 5.41) is 78.0. The summed E-state index contributed by atoms with van der Waals surface area (Å²) in [4.78, 5) is 90.4. The molecule has 2 aliphatic heterocycles. The molecule has 2 saturated heterocycles. The molecule has 2 fully saturated rings. The quantitative estimate of drug-likeness (QED) is 0.0287. The zero-order valence-corrected chi connectivity index (χ0v) is 78.2. The summed E-state index contributed by atoms with van der Waals surface area (Å²) in [5.41, 5.74) is 39.3. The number of fused-ring (bicyclic) bond motifs is 4. The topological polar surface area (TPSA) is 547 Å². The number of carbonyl (C=O) groups excluding carboxylic acids is 4. The number of hydrogen-bond donors (Lipinski definition) is 9. The molecule has 42 nitrogen and oxygen atoms in total. The van der Waals surface area contributed by atoms with Crippen molar-refractivity contribution in [3.63, 3.8) is 0 Å². The molecule has 742 valence electrons. The highest BCUT2D eigenvalue weighted by atomic mass is 32.1. The Bertz CT molecular complexity index is 7900. The molecule has 17 heterocycles. The van der Waals surface area contributed by atoms with Crippen LogP contribution in [0.1, 0.15) is 184 Å². The number of aryl methyl sites for hydroxylation is 1. The van der Waals surface area contributed by atoms with Crippen LogP contribution in [0.4, 0.5) is 23.3 Å². The zero-order chi connectivity index (χ0) is 97.9. The van der Waals surface area contributed by atoms with E-state index >= 15 is 0 Å². The first-order valence-electron chi connectivity index (χ1n) is 45.7. The van der Waals surface area contributed by atoms with E-state index in [0.717, 1.165) is 112 Å². The van der Waals surface area contributed by atoms with Crippen LogP contribution in [0, 0.1) is 0 Å². The second kappa shape index (κ2) is 46.0. The van der Waals surface area contributed by atoms with Crippen LogP contribution in [0.3, 0.4) is 0 Å². The van der Waals surface area contributed by atoms with Gasteiger partial charge in [0.15, 0.2) is 91.9 Å². The molecule has 5 aromatic carbocycles. The maximum Gasteiger partial charge on any atom is 0.274 e. The van der Waals surface area contributed by atoms with E-state index in [1.165, 1.54) is 35.9 Å². The van der Waals surface area contributed by atoms with E-state index in [1.54, 1.807) is 80.8 Å². The molecule has 20 aromatic rings. The van der Waals surface area contributed by atoms with E-state index < -0.39 is 47.8 Å². The van der Waals surface area contributed by atoms with Crippen LogP contribution in [0.5, 0.6) is 0 Å². The fourth-order valence-electron chi connectivity index (χ4n) is 16.2. The number of likely N-dealkylation sites (tertiary alicyclic amines) is 1. The second-order valence-electron chi connectivity index (χ2n) is 33.6. The molecule has 4 amide bonds. The number of amides is 4. The lowest BCUT2D eigenvalue weighted by molar-refractivity contribution is 0.0925. The van der Waals surface area contributed by atoms with Crippen molar-refractivity contribution >= 4 is 80.8 Å². The number of anilines is 4. The van der Waals surface area contributed by atoms with E-state index in [9.17, 15) is 19.2 Å². The first-order chi connectivity index (χ1) is 69.2. The molecule has 4 atom stereocenters. The maximum atomic E-state index is 13.2. The molecule has 0 saturated carbocycles. The Hall–Kier alpha value is -18.3. The van der Waals surface area contributed by atoms with E-state index in [4.69, 9.17) is 33.1 Å². The average molecular weight is 1980 g/mol. The highest BCUT2D eigenvalue weighted by Crippen LogP contribution is 2.31. The molecule has 0 aliphatic carbocycles. The third kappa shape index (κ3) is 23.0. The van der Waals surface area contributed by atoms with Crippen molar-refractivity contribution < 1.29 is 19.2 Å². The summed E-state index contributed by atoms with van der Waals surface area (Å²) in [7, 11) is 1.80. The van der Waals surface area contributed by atoms with Gasteiger partial charge in [0.1, 0.15) is 0 Å².